The number of carbonyl (C=O) groups excluding carboxylic acids is 1. The second-order valence-corrected chi connectivity index (χ2v) is 6.66. The first kappa shape index (κ1) is 13.6. The third-order valence-electron chi connectivity index (χ3n) is 4.19. The van der Waals surface area contributed by atoms with E-state index >= 15 is 0 Å². The number of rotatable bonds is 4. The topological polar surface area (TPSA) is 50.4 Å². The number of nitrogens with one attached hydrogen (secondary N) is 2. The number of hydrogen-bond acceptors (Lipinski definition) is 4. The molecule has 0 bridgehead atoms. The maximum absolute atomic E-state index is 12.4. The van der Waals surface area contributed by atoms with Crippen LogP contribution >= 0.6 is 11.8 Å². The van der Waals surface area contributed by atoms with E-state index in [4.69, 9.17) is 4.74 Å². The van der Waals surface area contributed by atoms with Gasteiger partial charge in [0.1, 0.15) is 6.61 Å². The van der Waals surface area contributed by atoms with Crippen LogP contribution in [0, 0.1) is 0 Å². The van der Waals surface area contributed by atoms with Gasteiger partial charge in [-0.3, -0.25) is 4.79 Å². The summed E-state index contributed by atoms with van der Waals surface area (Å²) in [5.41, 5.74) is 1.54. The smallest absolute Gasteiger partial charge is 0.255 e. The monoisotopic (exact) mass is 292 g/mol. The quantitative estimate of drug-likeness (QED) is 0.895. The maximum Gasteiger partial charge on any atom is 0.255 e. The highest BCUT2D eigenvalue weighted by atomic mass is 32.2. The third-order valence-corrected chi connectivity index (χ3v) is 5.61. The van der Waals surface area contributed by atoms with Crippen molar-refractivity contribution in [2.24, 2.45) is 0 Å². The molecule has 0 aromatic heterocycles. The van der Waals surface area contributed by atoms with E-state index in [9.17, 15) is 4.79 Å². The normalized spacial score (nSPS) is 19.1. The summed E-state index contributed by atoms with van der Waals surface area (Å²) in [7, 11) is 0. The van der Waals surface area contributed by atoms with Crippen LogP contribution in [-0.4, -0.2) is 36.6 Å². The van der Waals surface area contributed by atoms with Crippen LogP contribution in [0.4, 0.5) is 5.69 Å². The number of anilines is 1. The Hall–Kier alpha value is -1.36. The molecule has 1 aromatic rings. The fraction of sp³-hybridized carbons (Fsp3) is 0.533. The van der Waals surface area contributed by atoms with Crippen molar-refractivity contribution in [3.63, 3.8) is 0 Å². The molecule has 1 fully saturated rings. The fourth-order valence-electron chi connectivity index (χ4n) is 2.71. The standard InChI is InChI=1S/C15H20N2O2S/c1-20-15(6-3-7-15)10-17-14(18)11-4-2-5-12-13(11)19-9-8-16-12/h2,4-5,16H,3,6-10H2,1H3,(H,17,18). The molecule has 1 aromatic carbocycles. The summed E-state index contributed by atoms with van der Waals surface area (Å²) in [6.45, 7) is 2.13. The van der Waals surface area contributed by atoms with Crippen LogP contribution < -0.4 is 15.4 Å². The highest BCUT2D eigenvalue weighted by Crippen LogP contribution is 2.42. The first-order valence-electron chi connectivity index (χ1n) is 7.07. The fourth-order valence-corrected chi connectivity index (χ4v) is 3.62. The summed E-state index contributed by atoms with van der Waals surface area (Å²) in [4.78, 5) is 12.4. The third kappa shape index (κ3) is 2.46. The second kappa shape index (κ2) is 5.56. The molecule has 5 heteroatoms. The molecule has 1 aliphatic carbocycles. The van der Waals surface area contributed by atoms with Gasteiger partial charge in [0.05, 0.1) is 11.3 Å². The van der Waals surface area contributed by atoms with Gasteiger partial charge in [0.2, 0.25) is 0 Å². The van der Waals surface area contributed by atoms with Gasteiger partial charge in [-0.15, -0.1) is 0 Å². The van der Waals surface area contributed by atoms with E-state index in [1.165, 1.54) is 19.3 Å². The van der Waals surface area contributed by atoms with Crippen LogP contribution in [0.25, 0.3) is 0 Å². The number of thioether (sulfide) groups is 1. The van der Waals surface area contributed by atoms with E-state index in [0.717, 1.165) is 18.8 Å². The number of ether oxygens (including phenoxy) is 1. The lowest BCUT2D eigenvalue weighted by molar-refractivity contribution is 0.0940. The average Bonchev–Trinajstić information content (AvgIpc) is 2.46. The van der Waals surface area contributed by atoms with E-state index in [1.54, 1.807) is 0 Å². The van der Waals surface area contributed by atoms with Gasteiger partial charge in [-0.2, -0.15) is 11.8 Å². The first-order valence-corrected chi connectivity index (χ1v) is 8.30. The molecule has 20 heavy (non-hydrogen) atoms. The Morgan fingerprint density at radius 1 is 1.50 bits per heavy atom. The highest BCUT2D eigenvalue weighted by Gasteiger charge is 2.36. The molecule has 0 atom stereocenters. The van der Waals surface area contributed by atoms with Crippen molar-refractivity contribution in [1.82, 2.24) is 5.32 Å². The van der Waals surface area contributed by atoms with E-state index < -0.39 is 0 Å². The second-order valence-electron chi connectivity index (χ2n) is 5.38. The van der Waals surface area contributed by atoms with Crippen molar-refractivity contribution >= 4 is 23.4 Å². The number of para-hydroxylation sites is 1. The van der Waals surface area contributed by atoms with Gasteiger partial charge >= 0.3 is 0 Å². The van der Waals surface area contributed by atoms with Crippen LogP contribution in [0.5, 0.6) is 5.75 Å². The number of amides is 1. The van der Waals surface area contributed by atoms with Crippen LogP contribution in [0.2, 0.25) is 0 Å². The molecule has 3 rings (SSSR count). The molecule has 0 unspecified atom stereocenters. The largest absolute Gasteiger partial charge is 0.489 e. The van der Waals surface area contributed by atoms with Crippen molar-refractivity contribution in [2.75, 3.05) is 31.3 Å². The zero-order chi connectivity index (χ0) is 14.0. The Balaban J connectivity index is 1.71. The molecule has 1 amide bonds. The zero-order valence-corrected chi connectivity index (χ0v) is 12.5. The number of hydrogen-bond donors (Lipinski definition) is 2. The van der Waals surface area contributed by atoms with Gasteiger partial charge in [-0.25, -0.2) is 0 Å². The summed E-state index contributed by atoms with van der Waals surface area (Å²) in [6.07, 6.45) is 5.78. The van der Waals surface area contributed by atoms with Crippen LogP contribution in [0.1, 0.15) is 29.6 Å². The molecule has 1 aliphatic heterocycles. The van der Waals surface area contributed by atoms with Crippen molar-refractivity contribution in [2.45, 2.75) is 24.0 Å². The molecule has 108 valence electrons. The number of fused-ring (bicyclic) bond motifs is 1. The summed E-state index contributed by atoms with van der Waals surface area (Å²) < 4.78 is 5.90. The van der Waals surface area contributed by atoms with Crippen LogP contribution in [0.15, 0.2) is 18.2 Å². The number of benzene rings is 1. The number of carbonyl (C=O) groups is 1. The van der Waals surface area contributed by atoms with Crippen molar-refractivity contribution < 1.29 is 9.53 Å². The van der Waals surface area contributed by atoms with Gasteiger partial charge in [0, 0.05) is 17.8 Å². The lowest BCUT2D eigenvalue weighted by Gasteiger charge is -2.40. The summed E-state index contributed by atoms with van der Waals surface area (Å²) in [5, 5.41) is 6.33. The van der Waals surface area contributed by atoms with Crippen molar-refractivity contribution in [3.8, 4) is 5.75 Å². The minimum Gasteiger partial charge on any atom is -0.489 e. The molecular formula is C15H20N2O2S. The van der Waals surface area contributed by atoms with Gasteiger partial charge in [-0.05, 0) is 31.2 Å². The van der Waals surface area contributed by atoms with Crippen LogP contribution in [0.3, 0.4) is 0 Å². The molecule has 1 saturated carbocycles. The maximum atomic E-state index is 12.4. The predicted molar refractivity (Wildman–Crippen MR) is 82.9 cm³/mol. The SMILES string of the molecule is CSC1(CNC(=O)c2cccc3c2OCCN3)CCC1. The molecule has 4 nitrogen and oxygen atoms in total. The minimum atomic E-state index is -0.0362. The highest BCUT2D eigenvalue weighted by molar-refractivity contribution is 8.00. The average molecular weight is 292 g/mol. The molecule has 0 spiro atoms. The zero-order valence-electron chi connectivity index (χ0n) is 11.7. The summed E-state index contributed by atoms with van der Waals surface area (Å²) in [6, 6.07) is 5.66. The van der Waals surface area contributed by atoms with Crippen LogP contribution in [-0.2, 0) is 0 Å². The van der Waals surface area contributed by atoms with E-state index in [1.807, 2.05) is 30.0 Å². The Kier molecular flexibility index (Phi) is 3.78. The molecular weight excluding hydrogens is 272 g/mol. The first-order chi connectivity index (χ1) is 9.74. The molecule has 2 aliphatic rings. The lowest BCUT2D eigenvalue weighted by Crippen LogP contribution is -2.45. The Labute approximate surface area is 123 Å². The minimum absolute atomic E-state index is 0.0362. The van der Waals surface area contributed by atoms with Gasteiger partial charge < -0.3 is 15.4 Å². The Bertz CT molecular complexity index is 509. The van der Waals surface area contributed by atoms with E-state index in [2.05, 4.69) is 16.9 Å². The molecule has 0 saturated heterocycles. The Morgan fingerprint density at radius 2 is 2.35 bits per heavy atom. The summed E-state index contributed by atoms with van der Waals surface area (Å²) >= 11 is 1.87. The van der Waals surface area contributed by atoms with E-state index in [-0.39, 0.29) is 10.7 Å². The summed E-state index contributed by atoms with van der Waals surface area (Å²) in [5.74, 6) is 0.647. The van der Waals surface area contributed by atoms with E-state index in [0.29, 0.717) is 17.9 Å². The Morgan fingerprint density at radius 3 is 3.05 bits per heavy atom. The van der Waals surface area contributed by atoms with Crippen molar-refractivity contribution in [1.29, 1.82) is 0 Å². The van der Waals surface area contributed by atoms with Gasteiger partial charge in [0.15, 0.2) is 5.75 Å². The predicted octanol–water partition coefficient (Wildman–Crippen LogP) is 2.51. The molecule has 2 N–H and O–H groups in total. The van der Waals surface area contributed by atoms with Gasteiger partial charge in [-0.1, -0.05) is 12.5 Å². The molecule has 1 heterocycles. The molecule has 0 radical (unpaired) electrons. The van der Waals surface area contributed by atoms with Crippen molar-refractivity contribution in [3.05, 3.63) is 23.8 Å². The lowest BCUT2D eigenvalue weighted by atomic mass is 9.84. The van der Waals surface area contributed by atoms with Gasteiger partial charge in [0.25, 0.3) is 5.91 Å².